The lowest BCUT2D eigenvalue weighted by Gasteiger charge is -2.42. The topological polar surface area (TPSA) is 49.4 Å². The second kappa shape index (κ2) is 8.49. The van der Waals surface area contributed by atoms with Crippen LogP contribution in [-0.2, 0) is 9.84 Å². The van der Waals surface area contributed by atoms with Crippen LogP contribution in [0.4, 0.5) is 0 Å². The number of rotatable bonds is 8. The molecule has 4 nitrogen and oxygen atoms in total. The molecule has 0 aromatic heterocycles. The Morgan fingerprint density at radius 1 is 1.24 bits per heavy atom. The van der Waals surface area contributed by atoms with E-state index in [1.165, 1.54) is 6.42 Å². The zero-order valence-electron chi connectivity index (χ0n) is 14.4. The summed E-state index contributed by atoms with van der Waals surface area (Å²) in [6, 6.07) is 1.07. The van der Waals surface area contributed by atoms with Crippen molar-refractivity contribution in [2.45, 2.75) is 59.5 Å². The first-order chi connectivity index (χ1) is 9.75. The molecule has 0 radical (unpaired) electrons. The van der Waals surface area contributed by atoms with Crippen molar-refractivity contribution in [2.24, 2.45) is 11.8 Å². The van der Waals surface area contributed by atoms with Gasteiger partial charge in [0.25, 0.3) is 0 Å². The number of piperazine rings is 1. The van der Waals surface area contributed by atoms with Gasteiger partial charge >= 0.3 is 0 Å². The maximum Gasteiger partial charge on any atom is 0.150 e. The average molecular weight is 319 g/mol. The summed E-state index contributed by atoms with van der Waals surface area (Å²) in [4.78, 5) is 2.52. The Morgan fingerprint density at radius 2 is 1.90 bits per heavy atom. The highest BCUT2D eigenvalue weighted by Gasteiger charge is 2.29. The van der Waals surface area contributed by atoms with Crippen molar-refractivity contribution in [2.75, 3.05) is 31.1 Å². The molecule has 2 unspecified atom stereocenters. The predicted molar refractivity (Wildman–Crippen MR) is 90.4 cm³/mol. The van der Waals surface area contributed by atoms with E-state index in [1.807, 2.05) is 0 Å². The Morgan fingerprint density at radius 3 is 2.43 bits per heavy atom. The molecule has 1 heterocycles. The fourth-order valence-electron chi connectivity index (χ4n) is 3.01. The highest BCUT2D eigenvalue weighted by molar-refractivity contribution is 7.91. The first kappa shape index (κ1) is 18.9. The van der Waals surface area contributed by atoms with Crippen molar-refractivity contribution in [1.82, 2.24) is 10.2 Å². The van der Waals surface area contributed by atoms with E-state index in [1.54, 1.807) is 6.92 Å². The minimum atomic E-state index is -2.83. The lowest BCUT2D eigenvalue weighted by Crippen LogP contribution is -2.58. The van der Waals surface area contributed by atoms with E-state index in [4.69, 9.17) is 0 Å². The van der Waals surface area contributed by atoms with E-state index in [-0.39, 0.29) is 5.75 Å². The van der Waals surface area contributed by atoms with Gasteiger partial charge in [-0.2, -0.15) is 0 Å². The molecule has 1 aliphatic rings. The van der Waals surface area contributed by atoms with Crippen LogP contribution in [0.1, 0.15) is 47.5 Å². The molecule has 0 spiro atoms. The number of hydrogen-bond acceptors (Lipinski definition) is 4. The fraction of sp³-hybridized carbons (Fsp3) is 1.00. The third-order valence-electron chi connectivity index (χ3n) is 4.45. The molecule has 2 atom stereocenters. The molecular weight excluding hydrogens is 284 g/mol. The van der Waals surface area contributed by atoms with Gasteiger partial charge in [-0.05, 0) is 31.2 Å². The van der Waals surface area contributed by atoms with Gasteiger partial charge in [0.1, 0.15) is 9.84 Å². The zero-order chi connectivity index (χ0) is 16.0. The van der Waals surface area contributed by atoms with Gasteiger partial charge in [-0.1, -0.05) is 34.6 Å². The van der Waals surface area contributed by atoms with Crippen LogP contribution in [0.5, 0.6) is 0 Å². The average Bonchev–Trinajstić information content (AvgIpc) is 2.39. The zero-order valence-corrected chi connectivity index (χ0v) is 15.2. The molecule has 0 aliphatic carbocycles. The number of sulfone groups is 1. The summed E-state index contributed by atoms with van der Waals surface area (Å²) in [7, 11) is -2.83. The van der Waals surface area contributed by atoms with Crippen molar-refractivity contribution in [1.29, 1.82) is 0 Å². The van der Waals surface area contributed by atoms with Crippen LogP contribution < -0.4 is 5.32 Å². The van der Waals surface area contributed by atoms with Crippen LogP contribution in [0.15, 0.2) is 0 Å². The normalized spacial score (nSPS) is 24.9. The molecule has 21 heavy (non-hydrogen) atoms. The molecule has 0 bridgehead atoms. The number of hydrogen-bond donors (Lipinski definition) is 1. The van der Waals surface area contributed by atoms with Crippen molar-refractivity contribution in [3.63, 3.8) is 0 Å². The molecule has 0 amide bonds. The molecule has 1 rings (SSSR count). The minimum Gasteiger partial charge on any atom is -0.311 e. The molecule has 5 heteroatoms. The molecule has 1 saturated heterocycles. The summed E-state index contributed by atoms with van der Waals surface area (Å²) in [6.07, 6.45) is 1.94. The van der Waals surface area contributed by atoms with E-state index in [0.717, 1.165) is 26.1 Å². The van der Waals surface area contributed by atoms with Crippen molar-refractivity contribution < 1.29 is 8.42 Å². The monoisotopic (exact) mass is 318 g/mol. The Balaban J connectivity index is 2.57. The molecule has 0 aromatic rings. The molecule has 1 aliphatic heterocycles. The second-order valence-electron chi connectivity index (χ2n) is 7.13. The first-order valence-corrected chi connectivity index (χ1v) is 10.2. The third-order valence-corrected chi connectivity index (χ3v) is 6.24. The fourth-order valence-corrected chi connectivity index (χ4v) is 3.87. The summed E-state index contributed by atoms with van der Waals surface area (Å²) in [5.41, 5.74) is 0. The van der Waals surface area contributed by atoms with Gasteiger partial charge < -0.3 is 5.32 Å². The van der Waals surface area contributed by atoms with E-state index >= 15 is 0 Å². The molecular formula is C16H34N2O2S. The summed E-state index contributed by atoms with van der Waals surface area (Å²) in [5.74, 6) is 1.88. The van der Waals surface area contributed by atoms with Crippen LogP contribution in [0.2, 0.25) is 0 Å². The van der Waals surface area contributed by atoms with Crippen LogP contribution in [-0.4, -0.2) is 56.5 Å². The molecule has 1 fully saturated rings. The summed E-state index contributed by atoms with van der Waals surface area (Å²) in [6.45, 7) is 13.7. The maximum absolute atomic E-state index is 11.6. The third kappa shape index (κ3) is 6.66. The summed E-state index contributed by atoms with van der Waals surface area (Å²) < 4.78 is 23.3. The molecule has 0 saturated carbocycles. The number of nitrogens with one attached hydrogen (secondary N) is 1. The summed E-state index contributed by atoms with van der Waals surface area (Å²) in [5, 5.41) is 3.66. The van der Waals surface area contributed by atoms with Gasteiger partial charge in [-0.3, -0.25) is 4.90 Å². The van der Waals surface area contributed by atoms with Gasteiger partial charge in [-0.25, -0.2) is 8.42 Å². The van der Waals surface area contributed by atoms with E-state index in [9.17, 15) is 8.42 Å². The maximum atomic E-state index is 11.6. The van der Waals surface area contributed by atoms with Crippen LogP contribution in [0.25, 0.3) is 0 Å². The van der Waals surface area contributed by atoms with E-state index in [0.29, 0.717) is 29.7 Å². The molecule has 1 N–H and O–H groups in total. The van der Waals surface area contributed by atoms with Gasteiger partial charge in [0.05, 0.1) is 5.75 Å². The summed E-state index contributed by atoms with van der Waals surface area (Å²) >= 11 is 0. The first-order valence-electron chi connectivity index (χ1n) is 8.43. The van der Waals surface area contributed by atoms with Crippen molar-refractivity contribution in [3.8, 4) is 0 Å². The second-order valence-corrected chi connectivity index (χ2v) is 9.60. The van der Waals surface area contributed by atoms with Gasteiger partial charge in [-0.15, -0.1) is 0 Å². The Labute approximate surface area is 131 Å². The van der Waals surface area contributed by atoms with Crippen molar-refractivity contribution >= 4 is 9.84 Å². The Kier molecular flexibility index (Phi) is 7.65. The quantitative estimate of drug-likeness (QED) is 0.745. The van der Waals surface area contributed by atoms with Gasteiger partial charge in [0, 0.05) is 30.9 Å². The lowest BCUT2D eigenvalue weighted by atomic mass is 9.95. The number of nitrogens with zero attached hydrogens (tertiary/aromatic N) is 1. The van der Waals surface area contributed by atoms with Crippen LogP contribution in [0.3, 0.4) is 0 Å². The standard InChI is InChI=1S/C16H34N2O2S/c1-6-21(19,20)9-7-8-18-12-16(14(4)5)17-11-15(18)10-13(2)3/h13-17H,6-12H2,1-5H3. The van der Waals surface area contributed by atoms with Crippen LogP contribution in [0, 0.1) is 11.8 Å². The lowest BCUT2D eigenvalue weighted by molar-refractivity contribution is 0.0996. The van der Waals surface area contributed by atoms with E-state index < -0.39 is 9.84 Å². The predicted octanol–water partition coefficient (Wildman–Crippen LogP) is 2.16. The van der Waals surface area contributed by atoms with E-state index in [2.05, 4.69) is 37.9 Å². The molecule has 126 valence electrons. The molecule has 0 aromatic carbocycles. The van der Waals surface area contributed by atoms with Crippen molar-refractivity contribution in [3.05, 3.63) is 0 Å². The smallest absolute Gasteiger partial charge is 0.150 e. The Hall–Kier alpha value is -0.130. The minimum absolute atomic E-state index is 0.262. The highest BCUT2D eigenvalue weighted by Crippen LogP contribution is 2.18. The highest BCUT2D eigenvalue weighted by atomic mass is 32.2. The largest absolute Gasteiger partial charge is 0.311 e. The Bertz CT molecular complexity index is 393. The van der Waals surface area contributed by atoms with Gasteiger partial charge in [0.2, 0.25) is 0 Å². The van der Waals surface area contributed by atoms with Gasteiger partial charge in [0.15, 0.2) is 0 Å². The SMILES string of the molecule is CCS(=O)(=O)CCCN1CC(C(C)C)NCC1CC(C)C. The van der Waals surface area contributed by atoms with Crippen LogP contribution >= 0.6 is 0 Å².